The van der Waals surface area contributed by atoms with E-state index in [4.69, 9.17) is 16.7 Å². The molecule has 0 unspecified atom stereocenters. The minimum atomic E-state index is 0.455. The SMILES string of the molecule is CC(C)Cn1nc(-c2ccccc2)c(-c2ccccc2)c1CCl. The minimum Gasteiger partial charge on any atom is -0.267 e. The second-order valence-electron chi connectivity index (χ2n) is 6.11. The first-order chi connectivity index (χ1) is 11.2. The molecule has 0 saturated heterocycles. The Morgan fingerprint density at radius 2 is 1.48 bits per heavy atom. The van der Waals surface area contributed by atoms with Crippen LogP contribution in [0, 0.1) is 5.92 Å². The number of aromatic nitrogens is 2. The van der Waals surface area contributed by atoms with Crippen LogP contribution in [0.3, 0.4) is 0 Å². The molecule has 0 aliphatic rings. The molecule has 0 spiro atoms. The Morgan fingerprint density at radius 1 is 0.913 bits per heavy atom. The van der Waals surface area contributed by atoms with E-state index in [9.17, 15) is 0 Å². The van der Waals surface area contributed by atoms with Crippen LogP contribution in [0.1, 0.15) is 19.5 Å². The van der Waals surface area contributed by atoms with E-state index in [1.54, 1.807) is 0 Å². The predicted molar refractivity (Wildman–Crippen MR) is 97.5 cm³/mol. The molecular formula is C20H21ClN2. The van der Waals surface area contributed by atoms with Gasteiger partial charge in [0.25, 0.3) is 0 Å². The standard InChI is InChI=1S/C20H21ClN2/c1-15(2)14-23-18(13-21)19(16-9-5-3-6-10-16)20(22-23)17-11-7-4-8-12-17/h3-12,15H,13-14H2,1-2H3. The summed E-state index contributed by atoms with van der Waals surface area (Å²) in [5, 5.41) is 4.90. The molecule has 0 aliphatic heterocycles. The average Bonchev–Trinajstić information content (AvgIpc) is 2.94. The van der Waals surface area contributed by atoms with E-state index >= 15 is 0 Å². The van der Waals surface area contributed by atoms with Gasteiger partial charge in [0, 0.05) is 17.7 Å². The van der Waals surface area contributed by atoms with Crippen LogP contribution >= 0.6 is 11.6 Å². The number of hydrogen-bond donors (Lipinski definition) is 0. The lowest BCUT2D eigenvalue weighted by molar-refractivity contribution is 0.474. The molecule has 3 aromatic rings. The van der Waals surface area contributed by atoms with Gasteiger partial charge in [-0.2, -0.15) is 5.10 Å². The van der Waals surface area contributed by atoms with Crippen molar-refractivity contribution in [2.24, 2.45) is 5.92 Å². The minimum absolute atomic E-state index is 0.455. The number of hydrogen-bond acceptors (Lipinski definition) is 1. The third kappa shape index (κ3) is 3.32. The van der Waals surface area contributed by atoms with Crippen LogP contribution in [0.15, 0.2) is 60.7 Å². The van der Waals surface area contributed by atoms with Crippen LogP contribution in [-0.2, 0) is 12.4 Å². The molecule has 1 heterocycles. The molecule has 0 saturated carbocycles. The van der Waals surface area contributed by atoms with Gasteiger partial charge >= 0.3 is 0 Å². The second kappa shape index (κ2) is 7.01. The van der Waals surface area contributed by atoms with Crippen LogP contribution < -0.4 is 0 Å². The van der Waals surface area contributed by atoms with E-state index < -0.39 is 0 Å². The number of halogens is 1. The van der Waals surface area contributed by atoms with E-state index in [0.29, 0.717) is 11.8 Å². The van der Waals surface area contributed by atoms with E-state index in [-0.39, 0.29) is 0 Å². The highest BCUT2D eigenvalue weighted by molar-refractivity contribution is 6.17. The molecule has 0 radical (unpaired) electrons. The van der Waals surface area contributed by atoms with Gasteiger partial charge in [-0.05, 0) is 11.5 Å². The zero-order valence-corrected chi connectivity index (χ0v) is 14.3. The van der Waals surface area contributed by atoms with Crippen molar-refractivity contribution in [1.29, 1.82) is 0 Å². The Kier molecular flexibility index (Phi) is 4.82. The van der Waals surface area contributed by atoms with Gasteiger partial charge in [-0.15, -0.1) is 11.6 Å². The van der Waals surface area contributed by atoms with Crippen molar-refractivity contribution in [2.75, 3.05) is 0 Å². The summed E-state index contributed by atoms with van der Waals surface area (Å²) in [4.78, 5) is 0. The fourth-order valence-corrected chi connectivity index (χ4v) is 3.11. The Bertz CT molecular complexity index is 761. The van der Waals surface area contributed by atoms with Gasteiger partial charge in [0.15, 0.2) is 0 Å². The van der Waals surface area contributed by atoms with Crippen molar-refractivity contribution in [3.05, 3.63) is 66.4 Å². The zero-order valence-electron chi connectivity index (χ0n) is 13.5. The van der Waals surface area contributed by atoms with Crippen molar-refractivity contribution in [3.63, 3.8) is 0 Å². The van der Waals surface area contributed by atoms with Gasteiger partial charge in [-0.25, -0.2) is 0 Å². The van der Waals surface area contributed by atoms with E-state index in [1.807, 2.05) is 24.3 Å². The summed E-state index contributed by atoms with van der Waals surface area (Å²) < 4.78 is 2.07. The average molecular weight is 325 g/mol. The molecule has 118 valence electrons. The van der Waals surface area contributed by atoms with Gasteiger partial charge in [-0.1, -0.05) is 74.5 Å². The summed E-state index contributed by atoms with van der Waals surface area (Å²) >= 11 is 6.31. The van der Waals surface area contributed by atoms with Crippen LogP contribution in [0.2, 0.25) is 0 Å². The number of nitrogens with zero attached hydrogens (tertiary/aromatic N) is 2. The third-order valence-electron chi connectivity index (χ3n) is 3.83. The lowest BCUT2D eigenvalue weighted by Crippen LogP contribution is -2.09. The molecule has 3 heteroatoms. The number of alkyl halides is 1. The lowest BCUT2D eigenvalue weighted by atomic mass is 9.99. The van der Waals surface area contributed by atoms with Gasteiger partial charge in [-0.3, -0.25) is 4.68 Å². The van der Waals surface area contributed by atoms with Gasteiger partial charge in [0.2, 0.25) is 0 Å². The maximum absolute atomic E-state index is 6.31. The molecule has 2 aromatic carbocycles. The summed E-state index contributed by atoms with van der Waals surface area (Å²) in [5.74, 6) is 0.973. The molecule has 0 atom stereocenters. The summed E-state index contributed by atoms with van der Waals surface area (Å²) in [6.45, 7) is 5.27. The highest BCUT2D eigenvalue weighted by Crippen LogP contribution is 2.35. The zero-order chi connectivity index (χ0) is 16.2. The molecule has 1 aromatic heterocycles. The fraction of sp³-hybridized carbons (Fsp3) is 0.250. The smallest absolute Gasteiger partial charge is 0.100 e. The quantitative estimate of drug-likeness (QED) is 0.557. The predicted octanol–water partition coefficient (Wildman–Crippen LogP) is 5.61. The van der Waals surface area contributed by atoms with E-state index in [1.165, 1.54) is 0 Å². The van der Waals surface area contributed by atoms with Crippen molar-refractivity contribution >= 4 is 11.6 Å². The summed E-state index contributed by atoms with van der Waals surface area (Å²) in [5.41, 5.74) is 5.53. The van der Waals surface area contributed by atoms with E-state index in [0.717, 1.165) is 34.6 Å². The summed E-state index contributed by atoms with van der Waals surface area (Å²) in [6, 6.07) is 20.7. The molecule has 3 rings (SSSR count). The van der Waals surface area contributed by atoms with Crippen molar-refractivity contribution in [3.8, 4) is 22.4 Å². The number of benzene rings is 2. The highest BCUT2D eigenvalue weighted by atomic mass is 35.5. The first-order valence-corrected chi connectivity index (χ1v) is 8.50. The Hall–Kier alpha value is -2.06. The van der Waals surface area contributed by atoms with Crippen LogP contribution in [0.5, 0.6) is 0 Å². The van der Waals surface area contributed by atoms with E-state index in [2.05, 4.69) is 54.9 Å². The normalized spacial score (nSPS) is 11.1. The molecule has 0 N–H and O–H groups in total. The van der Waals surface area contributed by atoms with Crippen molar-refractivity contribution in [2.45, 2.75) is 26.3 Å². The van der Waals surface area contributed by atoms with Crippen molar-refractivity contribution in [1.82, 2.24) is 9.78 Å². The molecule has 2 nitrogen and oxygen atoms in total. The molecule has 0 amide bonds. The first-order valence-electron chi connectivity index (χ1n) is 7.97. The maximum atomic E-state index is 6.31. The topological polar surface area (TPSA) is 17.8 Å². The molecule has 0 aliphatic carbocycles. The maximum Gasteiger partial charge on any atom is 0.100 e. The van der Waals surface area contributed by atoms with Gasteiger partial charge < -0.3 is 0 Å². The molecular weight excluding hydrogens is 304 g/mol. The van der Waals surface area contributed by atoms with Gasteiger partial charge in [0.05, 0.1) is 11.6 Å². The molecule has 0 bridgehead atoms. The largest absolute Gasteiger partial charge is 0.267 e. The third-order valence-corrected chi connectivity index (χ3v) is 4.09. The summed E-state index contributed by atoms with van der Waals surface area (Å²) in [6.07, 6.45) is 0. The monoisotopic (exact) mass is 324 g/mol. The van der Waals surface area contributed by atoms with Crippen LogP contribution in [0.25, 0.3) is 22.4 Å². The van der Waals surface area contributed by atoms with Crippen LogP contribution in [-0.4, -0.2) is 9.78 Å². The van der Waals surface area contributed by atoms with Gasteiger partial charge in [0.1, 0.15) is 5.69 Å². The van der Waals surface area contributed by atoms with Crippen molar-refractivity contribution < 1.29 is 0 Å². The van der Waals surface area contributed by atoms with Crippen LogP contribution in [0.4, 0.5) is 0 Å². The summed E-state index contributed by atoms with van der Waals surface area (Å²) in [7, 11) is 0. The Balaban J connectivity index is 2.23. The second-order valence-corrected chi connectivity index (χ2v) is 6.38. The number of rotatable bonds is 5. The first kappa shape index (κ1) is 15.8. The lowest BCUT2D eigenvalue weighted by Gasteiger charge is -2.09. The highest BCUT2D eigenvalue weighted by Gasteiger charge is 2.20. The molecule has 23 heavy (non-hydrogen) atoms. The Labute approximate surface area is 142 Å². The molecule has 0 fully saturated rings. The fourth-order valence-electron chi connectivity index (χ4n) is 2.84. The Morgan fingerprint density at radius 3 is 2.00 bits per heavy atom.